The number of anilines is 1. The number of nitrogens with zero attached hydrogens (tertiary/aromatic N) is 3. The minimum atomic E-state index is -0.290. The number of hydrogen-bond acceptors (Lipinski definition) is 3. The van der Waals surface area contributed by atoms with Gasteiger partial charge in [0.05, 0.1) is 5.69 Å². The van der Waals surface area contributed by atoms with E-state index in [1.165, 1.54) is 16.3 Å². The standard InChI is InChI=1S/C22H23N3O2/c1-3-17-10-12-18(13-11-17)20-14-15-21(26)25(23-20)16-22(27)24(4-2)19-8-6-5-7-9-19/h5-15H,3-4,16H2,1-2H3. The van der Waals surface area contributed by atoms with Crippen LogP contribution in [-0.2, 0) is 17.8 Å². The van der Waals surface area contributed by atoms with Crippen molar-refractivity contribution < 1.29 is 4.79 Å². The van der Waals surface area contributed by atoms with Crippen molar-refractivity contribution in [3.05, 3.63) is 82.6 Å². The van der Waals surface area contributed by atoms with Crippen LogP contribution < -0.4 is 10.5 Å². The molecule has 5 nitrogen and oxygen atoms in total. The molecule has 138 valence electrons. The van der Waals surface area contributed by atoms with Gasteiger partial charge in [0.2, 0.25) is 5.91 Å². The molecule has 27 heavy (non-hydrogen) atoms. The lowest BCUT2D eigenvalue weighted by Gasteiger charge is -2.21. The van der Waals surface area contributed by atoms with Crippen LogP contribution >= 0.6 is 0 Å². The fourth-order valence-electron chi connectivity index (χ4n) is 2.95. The van der Waals surface area contributed by atoms with Crippen LogP contribution in [0.4, 0.5) is 5.69 Å². The fourth-order valence-corrected chi connectivity index (χ4v) is 2.95. The van der Waals surface area contributed by atoms with Gasteiger partial charge in [0.1, 0.15) is 6.54 Å². The molecule has 0 radical (unpaired) electrons. The number of carbonyl (C=O) groups is 1. The van der Waals surface area contributed by atoms with Gasteiger partial charge < -0.3 is 4.90 Å². The number of likely N-dealkylation sites (N-methyl/N-ethyl adjacent to an activating group) is 1. The molecule has 0 aliphatic heterocycles. The molecule has 0 atom stereocenters. The van der Waals surface area contributed by atoms with Crippen molar-refractivity contribution in [2.75, 3.05) is 11.4 Å². The Kier molecular flexibility index (Phi) is 5.81. The van der Waals surface area contributed by atoms with Crippen molar-refractivity contribution in [1.29, 1.82) is 0 Å². The van der Waals surface area contributed by atoms with Gasteiger partial charge in [-0.3, -0.25) is 9.59 Å². The molecule has 0 aliphatic carbocycles. The number of para-hydroxylation sites is 1. The van der Waals surface area contributed by atoms with E-state index in [0.717, 1.165) is 17.7 Å². The molecule has 5 heteroatoms. The normalized spacial score (nSPS) is 10.6. The molecule has 0 bridgehead atoms. The first-order chi connectivity index (χ1) is 13.1. The predicted octanol–water partition coefficient (Wildman–Crippen LogP) is 3.53. The third kappa shape index (κ3) is 4.31. The molecule has 0 fully saturated rings. The van der Waals surface area contributed by atoms with Crippen molar-refractivity contribution in [2.24, 2.45) is 0 Å². The van der Waals surface area contributed by atoms with Gasteiger partial charge in [-0.25, -0.2) is 4.68 Å². The van der Waals surface area contributed by atoms with Gasteiger partial charge in [-0.15, -0.1) is 0 Å². The Balaban J connectivity index is 1.85. The molecule has 1 amide bonds. The number of aryl methyl sites for hydroxylation is 1. The number of benzene rings is 2. The highest BCUT2D eigenvalue weighted by molar-refractivity contribution is 5.93. The van der Waals surface area contributed by atoms with Crippen LogP contribution in [-0.4, -0.2) is 22.2 Å². The Hall–Kier alpha value is -3.21. The summed E-state index contributed by atoms with van der Waals surface area (Å²) >= 11 is 0. The summed E-state index contributed by atoms with van der Waals surface area (Å²) in [7, 11) is 0. The Morgan fingerprint density at radius 1 is 0.963 bits per heavy atom. The van der Waals surface area contributed by atoms with E-state index < -0.39 is 0 Å². The van der Waals surface area contributed by atoms with Gasteiger partial charge in [-0.05, 0) is 37.1 Å². The largest absolute Gasteiger partial charge is 0.311 e. The number of rotatable bonds is 6. The molecule has 1 heterocycles. The maximum Gasteiger partial charge on any atom is 0.267 e. The first kappa shape index (κ1) is 18.6. The molecule has 0 N–H and O–H groups in total. The SMILES string of the molecule is CCc1ccc(-c2ccc(=O)n(CC(=O)N(CC)c3ccccc3)n2)cc1. The summed E-state index contributed by atoms with van der Waals surface area (Å²) in [6, 6.07) is 20.7. The highest BCUT2D eigenvalue weighted by atomic mass is 16.2. The van der Waals surface area contributed by atoms with E-state index in [1.807, 2.05) is 61.5 Å². The van der Waals surface area contributed by atoms with E-state index in [-0.39, 0.29) is 18.0 Å². The summed E-state index contributed by atoms with van der Waals surface area (Å²) in [6.07, 6.45) is 0.966. The number of aromatic nitrogens is 2. The summed E-state index contributed by atoms with van der Waals surface area (Å²) in [6.45, 7) is 4.44. The minimum absolute atomic E-state index is 0.0948. The molecule has 3 aromatic rings. The topological polar surface area (TPSA) is 55.2 Å². The van der Waals surface area contributed by atoms with Crippen LogP contribution in [0.2, 0.25) is 0 Å². The van der Waals surface area contributed by atoms with E-state index in [1.54, 1.807) is 11.0 Å². The summed E-state index contributed by atoms with van der Waals surface area (Å²) in [5.74, 6) is -0.170. The minimum Gasteiger partial charge on any atom is -0.311 e. The van der Waals surface area contributed by atoms with Crippen molar-refractivity contribution >= 4 is 11.6 Å². The van der Waals surface area contributed by atoms with E-state index >= 15 is 0 Å². The van der Waals surface area contributed by atoms with Crippen molar-refractivity contribution in [2.45, 2.75) is 26.8 Å². The first-order valence-corrected chi connectivity index (χ1v) is 9.15. The number of carbonyl (C=O) groups excluding carboxylic acids is 1. The smallest absolute Gasteiger partial charge is 0.267 e. The Morgan fingerprint density at radius 2 is 1.67 bits per heavy atom. The first-order valence-electron chi connectivity index (χ1n) is 9.15. The molecule has 3 rings (SSSR count). The van der Waals surface area contributed by atoms with Gasteiger partial charge in [-0.1, -0.05) is 49.4 Å². The molecule has 0 saturated heterocycles. The average molecular weight is 361 g/mol. The molecule has 2 aromatic carbocycles. The van der Waals surface area contributed by atoms with Crippen LogP contribution in [0.3, 0.4) is 0 Å². The van der Waals surface area contributed by atoms with Gasteiger partial charge in [0.25, 0.3) is 5.56 Å². The highest BCUT2D eigenvalue weighted by Gasteiger charge is 2.16. The van der Waals surface area contributed by atoms with Gasteiger partial charge in [-0.2, -0.15) is 5.10 Å². The zero-order valence-electron chi connectivity index (χ0n) is 15.6. The second kappa shape index (κ2) is 8.45. The summed E-state index contributed by atoms with van der Waals surface area (Å²) in [4.78, 5) is 26.6. The highest BCUT2D eigenvalue weighted by Crippen LogP contribution is 2.17. The molecule has 0 saturated carbocycles. The second-order valence-corrected chi connectivity index (χ2v) is 6.24. The van der Waals surface area contributed by atoms with Crippen LogP contribution in [0, 0.1) is 0 Å². The maximum atomic E-state index is 12.8. The third-order valence-corrected chi connectivity index (χ3v) is 4.49. The summed E-state index contributed by atoms with van der Waals surface area (Å²) in [5.41, 5.74) is 3.35. The lowest BCUT2D eigenvalue weighted by Crippen LogP contribution is -2.37. The molecule has 0 aliphatic rings. The predicted molar refractivity (Wildman–Crippen MR) is 108 cm³/mol. The number of hydrogen-bond donors (Lipinski definition) is 0. The monoisotopic (exact) mass is 361 g/mol. The van der Waals surface area contributed by atoms with E-state index in [9.17, 15) is 9.59 Å². The lowest BCUT2D eigenvalue weighted by molar-refractivity contribution is -0.119. The van der Waals surface area contributed by atoms with E-state index in [4.69, 9.17) is 0 Å². The fraction of sp³-hybridized carbons (Fsp3) is 0.227. The van der Waals surface area contributed by atoms with E-state index in [0.29, 0.717) is 12.2 Å². The van der Waals surface area contributed by atoms with Crippen molar-refractivity contribution in [3.63, 3.8) is 0 Å². The molecule has 1 aromatic heterocycles. The van der Waals surface area contributed by atoms with Crippen LogP contribution in [0.1, 0.15) is 19.4 Å². The molecular weight excluding hydrogens is 338 g/mol. The van der Waals surface area contributed by atoms with E-state index in [2.05, 4.69) is 12.0 Å². The van der Waals surface area contributed by atoms with Crippen LogP contribution in [0.5, 0.6) is 0 Å². The van der Waals surface area contributed by atoms with Crippen LogP contribution in [0.15, 0.2) is 71.5 Å². The Labute approximate surface area is 158 Å². The Morgan fingerprint density at radius 3 is 2.30 bits per heavy atom. The molecule has 0 spiro atoms. The summed E-state index contributed by atoms with van der Waals surface area (Å²) < 4.78 is 1.23. The average Bonchev–Trinajstić information content (AvgIpc) is 2.71. The van der Waals surface area contributed by atoms with Crippen molar-refractivity contribution in [3.8, 4) is 11.3 Å². The lowest BCUT2D eigenvalue weighted by atomic mass is 10.1. The summed E-state index contributed by atoms with van der Waals surface area (Å²) in [5, 5.41) is 4.41. The zero-order valence-corrected chi connectivity index (χ0v) is 15.6. The van der Waals surface area contributed by atoms with Gasteiger partial charge in [0.15, 0.2) is 0 Å². The van der Waals surface area contributed by atoms with Crippen LogP contribution in [0.25, 0.3) is 11.3 Å². The number of amides is 1. The maximum absolute atomic E-state index is 12.8. The molecule has 0 unspecified atom stereocenters. The van der Waals surface area contributed by atoms with Crippen molar-refractivity contribution in [1.82, 2.24) is 9.78 Å². The zero-order chi connectivity index (χ0) is 19.2. The quantitative estimate of drug-likeness (QED) is 0.675. The Bertz CT molecular complexity index is 963. The van der Waals surface area contributed by atoms with Gasteiger partial charge in [0, 0.05) is 23.9 Å². The molecular formula is C22H23N3O2. The third-order valence-electron chi connectivity index (χ3n) is 4.49. The van der Waals surface area contributed by atoms with Gasteiger partial charge >= 0.3 is 0 Å². The second-order valence-electron chi connectivity index (χ2n) is 6.24.